The van der Waals surface area contributed by atoms with E-state index in [-0.39, 0.29) is 35.6 Å². The van der Waals surface area contributed by atoms with E-state index in [9.17, 15) is 18.0 Å². The van der Waals surface area contributed by atoms with Crippen LogP contribution in [0.2, 0.25) is 4.34 Å². The second kappa shape index (κ2) is 6.88. The van der Waals surface area contributed by atoms with Gasteiger partial charge in [-0.15, -0.1) is 11.3 Å². The maximum Gasteiger partial charge on any atom is 0.417 e. The summed E-state index contributed by atoms with van der Waals surface area (Å²) < 4.78 is 47.3. The van der Waals surface area contributed by atoms with Gasteiger partial charge in [-0.25, -0.2) is 9.67 Å². The summed E-state index contributed by atoms with van der Waals surface area (Å²) in [6, 6.07) is 4.16. The van der Waals surface area contributed by atoms with E-state index in [2.05, 4.69) is 10.1 Å². The zero-order chi connectivity index (χ0) is 19.1. The van der Waals surface area contributed by atoms with Gasteiger partial charge in [-0.1, -0.05) is 11.6 Å². The van der Waals surface area contributed by atoms with Gasteiger partial charge in [0.1, 0.15) is 6.54 Å². The van der Waals surface area contributed by atoms with Crippen molar-refractivity contribution >= 4 is 39.9 Å². The molecule has 3 rings (SSSR count). The molecule has 5 nitrogen and oxygen atoms in total. The number of nitrogens with zero attached hydrogens (tertiary/aromatic N) is 3. The first-order valence-corrected chi connectivity index (χ1v) is 8.76. The Balaban J connectivity index is 2.24. The monoisotopic (exact) mass is 403 g/mol. The summed E-state index contributed by atoms with van der Waals surface area (Å²) in [5.74, 6) is -0.600. The molecule has 0 spiro atoms. The Morgan fingerprint density at radius 1 is 1.38 bits per heavy atom. The van der Waals surface area contributed by atoms with Gasteiger partial charge in [-0.05, 0) is 32.0 Å². The zero-order valence-electron chi connectivity index (χ0n) is 13.7. The summed E-state index contributed by atoms with van der Waals surface area (Å²) >= 11 is 7.00. The van der Waals surface area contributed by atoms with Crippen molar-refractivity contribution in [3.8, 4) is 10.6 Å². The molecule has 0 fully saturated rings. The minimum absolute atomic E-state index is 0.0232. The molecule has 0 N–H and O–H groups in total. The molecule has 0 aliphatic heterocycles. The van der Waals surface area contributed by atoms with Gasteiger partial charge in [0, 0.05) is 0 Å². The number of ether oxygens (including phenoxy) is 1. The van der Waals surface area contributed by atoms with Crippen LogP contribution in [0.3, 0.4) is 0 Å². The number of pyridine rings is 1. The fourth-order valence-corrected chi connectivity index (χ4v) is 3.60. The molecule has 0 aliphatic rings. The second-order valence-corrected chi connectivity index (χ2v) is 7.12. The highest BCUT2D eigenvalue weighted by Gasteiger charge is 2.36. The van der Waals surface area contributed by atoms with Crippen molar-refractivity contribution < 1.29 is 22.7 Å². The van der Waals surface area contributed by atoms with Crippen molar-refractivity contribution in [2.24, 2.45) is 0 Å². The molecule has 0 atom stereocenters. The molecular formula is C16H13ClF3N3O2S. The van der Waals surface area contributed by atoms with Crippen LogP contribution in [-0.4, -0.2) is 27.3 Å². The topological polar surface area (TPSA) is 57.0 Å². The van der Waals surface area contributed by atoms with Gasteiger partial charge in [0.25, 0.3) is 0 Å². The van der Waals surface area contributed by atoms with Crippen LogP contribution < -0.4 is 0 Å². The second-order valence-electron chi connectivity index (χ2n) is 5.40. The van der Waals surface area contributed by atoms with Gasteiger partial charge in [0.05, 0.1) is 38.2 Å². The predicted molar refractivity (Wildman–Crippen MR) is 92.2 cm³/mol. The molecule has 10 heteroatoms. The highest BCUT2D eigenvalue weighted by atomic mass is 35.5. The molecule has 3 heterocycles. The van der Waals surface area contributed by atoms with E-state index < -0.39 is 17.7 Å². The van der Waals surface area contributed by atoms with Crippen molar-refractivity contribution in [1.29, 1.82) is 0 Å². The third-order valence-corrected chi connectivity index (χ3v) is 4.85. The normalized spacial score (nSPS) is 11.9. The Labute approximate surface area is 155 Å². The lowest BCUT2D eigenvalue weighted by Gasteiger charge is -2.11. The van der Waals surface area contributed by atoms with E-state index in [4.69, 9.17) is 16.3 Å². The molecule has 138 valence electrons. The van der Waals surface area contributed by atoms with E-state index in [1.54, 1.807) is 19.1 Å². The number of hydrogen-bond donors (Lipinski definition) is 0. The van der Waals surface area contributed by atoms with E-state index >= 15 is 0 Å². The maximum atomic E-state index is 13.6. The largest absolute Gasteiger partial charge is 0.465 e. The van der Waals surface area contributed by atoms with Crippen molar-refractivity contribution in [2.75, 3.05) is 6.61 Å². The molecule has 0 aromatic carbocycles. The molecule has 0 radical (unpaired) electrons. The van der Waals surface area contributed by atoms with Gasteiger partial charge in [-0.2, -0.15) is 18.3 Å². The number of hydrogen-bond acceptors (Lipinski definition) is 5. The van der Waals surface area contributed by atoms with Gasteiger partial charge in [0.15, 0.2) is 5.65 Å². The smallest absolute Gasteiger partial charge is 0.417 e. The molecule has 0 amide bonds. The number of thiophene rings is 1. The van der Waals surface area contributed by atoms with Crippen LogP contribution in [0.5, 0.6) is 0 Å². The van der Waals surface area contributed by atoms with Crippen molar-refractivity contribution in [3.05, 3.63) is 33.8 Å². The number of halogens is 4. The fourth-order valence-electron chi connectivity index (χ4n) is 2.59. The van der Waals surface area contributed by atoms with Gasteiger partial charge < -0.3 is 4.74 Å². The quantitative estimate of drug-likeness (QED) is 0.592. The highest BCUT2D eigenvalue weighted by Crippen LogP contribution is 2.39. The van der Waals surface area contributed by atoms with Gasteiger partial charge in [-0.3, -0.25) is 4.79 Å². The number of fused-ring (bicyclic) bond motifs is 1. The molecule has 26 heavy (non-hydrogen) atoms. The first kappa shape index (κ1) is 18.7. The summed E-state index contributed by atoms with van der Waals surface area (Å²) in [5.41, 5.74) is -0.619. The minimum atomic E-state index is -4.60. The van der Waals surface area contributed by atoms with Crippen molar-refractivity contribution in [1.82, 2.24) is 14.8 Å². The van der Waals surface area contributed by atoms with E-state index in [0.29, 0.717) is 9.21 Å². The van der Waals surface area contributed by atoms with Crippen LogP contribution in [0.4, 0.5) is 13.2 Å². The summed E-state index contributed by atoms with van der Waals surface area (Å²) in [4.78, 5) is 16.6. The van der Waals surface area contributed by atoms with Crippen LogP contribution >= 0.6 is 22.9 Å². The van der Waals surface area contributed by atoms with Crippen molar-refractivity contribution in [2.45, 2.75) is 26.6 Å². The molecule has 3 aromatic rings. The molecule has 3 aromatic heterocycles. The fraction of sp³-hybridized carbons (Fsp3) is 0.312. The molecular weight excluding hydrogens is 391 g/mol. The number of alkyl halides is 3. The summed E-state index contributed by atoms with van der Waals surface area (Å²) in [7, 11) is 0. The SMILES string of the molecule is CCOC(=O)Cn1nc(C)c2c(C(F)(F)F)cc(-c3ccc(Cl)s3)nc21. The first-order valence-electron chi connectivity index (χ1n) is 7.57. The predicted octanol–water partition coefficient (Wildman–Crippen LogP) is 4.70. The van der Waals surface area contributed by atoms with Gasteiger partial charge >= 0.3 is 12.1 Å². The lowest BCUT2D eigenvalue weighted by atomic mass is 10.1. The number of esters is 1. The molecule has 0 unspecified atom stereocenters. The molecule has 0 aliphatic carbocycles. The summed E-state index contributed by atoms with van der Waals surface area (Å²) in [6.45, 7) is 2.93. The molecule has 0 saturated carbocycles. The highest BCUT2D eigenvalue weighted by molar-refractivity contribution is 7.19. The Morgan fingerprint density at radius 2 is 2.12 bits per heavy atom. The number of carbonyl (C=O) groups is 1. The Hall–Kier alpha value is -2.13. The number of carbonyl (C=O) groups excluding carboxylic acids is 1. The number of aromatic nitrogens is 3. The average molecular weight is 404 g/mol. The number of rotatable bonds is 4. The van der Waals surface area contributed by atoms with E-state index in [1.807, 2.05) is 0 Å². The Morgan fingerprint density at radius 3 is 2.69 bits per heavy atom. The van der Waals surface area contributed by atoms with Crippen molar-refractivity contribution in [3.63, 3.8) is 0 Å². The van der Waals surface area contributed by atoms with E-state index in [0.717, 1.165) is 22.1 Å². The van der Waals surface area contributed by atoms with E-state index in [1.165, 1.54) is 6.92 Å². The van der Waals surface area contributed by atoms with Crippen LogP contribution in [0.1, 0.15) is 18.2 Å². The molecule has 0 saturated heterocycles. The first-order chi connectivity index (χ1) is 12.2. The third-order valence-electron chi connectivity index (χ3n) is 3.59. The summed E-state index contributed by atoms with van der Waals surface area (Å²) in [5, 5.41) is 3.93. The maximum absolute atomic E-state index is 13.6. The summed E-state index contributed by atoms with van der Waals surface area (Å²) in [6.07, 6.45) is -4.60. The van der Waals surface area contributed by atoms with Crippen LogP contribution in [0.25, 0.3) is 21.6 Å². The minimum Gasteiger partial charge on any atom is -0.465 e. The van der Waals surface area contributed by atoms with Crippen LogP contribution in [0, 0.1) is 6.92 Å². The third kappa shape index (κ3) is 3.54. The van der Waals surface area contributed by atoms with Gasteiger partial charge in [0.2, 0.25) is 0 Å². The Kier molecular flexibility index (Phi) is 4.94. The lowest BCUT2D eigenvalue weighted by molar-refractivity contribution is -0.144. The Bertz CT molecular complexity index is 981. The van der Waals surface area contributed by atoms with Crippen LogP contribution in [0.15, 0.2) is 18.2 Å². The van der Waals surface area contributed by atoms with Crippen LogP contribution in [-0.2, 0) is 22.3 Å². The number of aryl methyl sites for hydroxylation is 1. The average Bonchev–Trinajstić information content (AvgIpc) is 3.10. The standard InChI is InChI=1S/C16H13ClF3N3O2S/c1-3-25-13(24)7-23-15-14(8(2)22-23)9(16(18,19)20)6-10(21-15)11-4-5-12(17)26-11/h4-6H,3,7H2,1-2H3. The molecule has 0 bridgehead atoms. The lowest BCUT2D eigenvalue weighted by Crippen LogP contribution is -2.15. The zero-order valence-corrected chi connectivity index (χ0v) is 15.3.